The maximum Gasteiger partial charge on any atom is 0.407 e. The Kier molecular flexibility index (Phi) is 3.73. The summed E-state index contributed by atoms with van der Waals surface area (Å²) < 4.78 is 0. The number of aldehydes is 1. The molecule has 0 aliphatic heterocycles. The molecule has 0 saturated heterocycles. The van der Waals surface area contributed by atoms with Gasteiger partial charge < -0.3 is 14.8 Å². The minimum absolute atomic E-state index is 0.0490. The van der Waals surface area contributed by atoms with Gasteiger partial charge in [0, 0.05) is 6.54 Å². The number of nitrogens with zero attached hydrogens (tertiary/aromatic N) is 1. The van der Waals surface area contributed by atoms with Gasteiger partial charge >= 0.3 is 6.09 Å². The highest BCUT2D eigenvalue weighted by Gasteiger charge is 2.19. The number of carboxylic acid groups (broad SMARTS) is 1. The molecular formula is C8H15NO3. The van der Waals surface area contributed by atoms with Gasteiger partial charge in [-0.25, -0.2) is 4.79 Å². The molecule has 0 rings (SSSR count). The third kappa shape index (κ3) is 4.71. The van der Waals surface area contributed by atoms with Crippen LogP contribution in [0.15, 0.2) is 0 Å². The molecule has 0 aliphatic rings. The van der Waals surface area contributed by atoms with Crippen molar-refractivity contribution in [3.63, 3.8) is 0 Å². The monoisotopic (exact) mass is 173 g/mol. The van der Waals surface area contributed by atoms with E-state index in [4.69, 9.17) is 5.11 Å². The van der Waals surface area contributed by atoms with Crippen LogP contribution < -0.4 is 0 Å². The van der Waals surface area contributed by atoms with Crippen molar-refractivity contribution in [2.45, 2.75) is 20.8 Å². The Bertz CT molecular complexity index is 172. The number of carbonyl (C=O) groups excluding carboxylic acids is 1. The molecule has 12 heavy (non-hydrogen) atoms. The lowest BCUT2D eigenvalue weighted by atomic mass is 9.96. The molecule has 1 N–H and O–H groups in total. The second-order valence-corrected chi connectivity index (χ2v) is 3.89. The lowest BCUT2D eigenvalue weighted by molar-refractivity contribution is -0.108. The number of carbonyl (C=O) groups is 2. The summed E-state index contributed by atoms with van der Waals surface area (Å²) in [5, 5.41) is 8.63. The van der Waals surface area contributed by atoms with Gasteiger partial charge in [-0.3, -0.25) is 0 Å². The van der Waals surface area contributed by atoms with E-state index in [9.17, 15) is 9.59 Å². The van der Waals surface area contributed by atoms with Crippen molar-refractivity contribution >= 4 is 12.4 Å². The first-order valence-corrected chi connectivity index (χ1v) is 3.78. The van der Waals surface area contributed by atoms with E-state index >= 15 is 0 Å². The Morgan fingerprint density at radius 3 is 2.25 bits per heavy atom. The smallest absolute Gasteiger partial charge is 0.407 e. The van der Waals surface area contributed by atoms with Gasteiger partial charge in [-0.15, -0.1) is 0 Å². The average Bonchev–Trinajstić information content (AvgIpc) is 1.83. The lowest BCUT2D eigenvalue weighted by Crippen LogP contribution is -2.37. The Balaban J connectivity index is 4.13. The quantitative estimate of drug-likeness (QED) is 0.652. The zero-order valence-corrected chi connectivity index (χ0v) is 7.70. The van der Waals surface area contributed by atoms with Crippen LogP contribution in [-0.2, 0) is 4.79 Å². The van der Waals surface area contributed by atoms with Gasteiger partial charge in [0.2, 0.25) is 0 Å². The second-order valence-electron chi connectivity index (χ2n) is 3.89. The third-order valence-corrected chi connectivity index (χ3v) is 1.23. The summed E-state index contributed by atoms with van der Waals surface area (Å²) in [5.41, 5.74) is -0.110. The predicted molar refractivity (Wildman–Crippen MR) is 45.1 cm³/mol. The van der Waals surface area contributed by atoms with Crippen molar-refractivity contribution in [2.75, 3.05) is 13.1 Å². The fraction of sp³-hybridized carbons (Fsp3) is 0.750. The van der Waals surface area contributed by atoms with Gasteiger partial charge in [0.1, 0.15) is 6.29 Å². The first kappa shape index (κ1) is 10.9. The van der Waals surface area contributed by atoms with E-state index in [1.807, 2.05) is 20.8 Å². The van der Waals surface area contributed by atoms with Crippen LogP contribution in [0.4, 0.5) is 4.79 Å². The topological polar surface area (TPSA) is 57.6 Å². The summed E-state index contributed by atoms with van der Waals surface area (Å²) in [6, 6.07) is 0. The maximum absolute atomic E-state index is 10.5. The van der Waals surface area contributed by atoms with Gasteiger partial charge in [-0.1, -0.05) is 20.8 Å². The maximum atomic E-state index is 10.5. The van der Waals surface area contributed by atoms with Gasteiger partial charge in [0.25, 0.3) is 0 Å². The SMILES string of the molecule is CC(C)(C)CN(CC=O)C(=O)O. The van der Waals surface area contributed by atoms with Gasteiger partial charge in [-0.05, 0) is 5.41 Å². The Morgan fingerprint density at radius 2 is 2.00 bits per heavy atom. The van der Waals surface area contributed by atoms with E-state index < -0.39 is 6.09 Å². The molecule has 0 aromatic rings. The fourth-order valence-electron chi connectivity index (χ4n) is 0.873. The average molecular weight is 173 g/mol. The van der Waals surface area contributed by atoms with E-state index in [-0.39, 0.29) is 12.0 Å². The molecule has 0 saturated carbocycles. The summed E-state index contributed by atoms with van der Waals surface area (Å²) in [7, 11) is 0. The first-order chi connectivity index (χ1) is 5.37. The van der Waals surface area contributed by atoms with Gasteiger partial charge in [-0.2, -0.15) is 0 Å². The largest absolute Gasteiger partial charge is 0.465 e. The van der Waals surface area contributed by atoms with Crippen LogP contribution >= 0.6 is 0 Å². The molecular weight excluding hydrogens is 158 g/mol. The van der Waals surface area contributed by atoms with Crippen molar-refractivity contribution in [1.82, 2.24) is 4.90 Å². The normalized spacial score (nSPS) is 10.9. The standard InChI is InChI=1S/C8H15NO3/c1-8(2,3)6-9(4-5-10)7(11)12/h5H,4,6H2,1-3H3,(H,11,12). The first-order valence-electron chi connectivity index (χ1n) is 3.78. The van der Waals surface area contributed by atoms with Crippen molar-refractivity contribution in [1.29, 1.82) is 0 Å². The molecule has 0 unspecified atom stereocenters. The summed E-state index contributed by atoms with van der Waals surface area (Å²) in [4.78, 5) is 21.7. The third-order valence-electron chi connectivity index (χ3n) is 1.23. The van der Waals surface area contributed by atoms with Crippen LogP contribution in [0, 0.1) is 5.41 Å². The van der Waals surface area contributed by atoms with Crippen molar-refractivity contribution in [3.05, 3.63) is 0 Å². The summed E-state index contributed by atoms with van der Waals surface area (Å²) >= 11 is 0. The van der Waals surface area contributed by atoms with E-state index in [2.05, 4.69) is 0 Å². The highest BCUT2D eigenvalue weighted by atomic mass is 16.4. The van der Waals surface area contributed by atoms with Crippen molar-refractivity contribution < 1.29 is 14.7 Å². The van der Waals surface area contributed by atoms with Crippen LogP contribution in [0.25, 0.3) is 0 Å². The Labute approximate surface area is 72.2 Å². The molecule has 0 aliphatic carbocycles. The molecule has 0 bridgehead atoms. The number of rotatable bonds is 3. The Hall–Kier alpha value is -1.06. The van der Waals surface area contributed by atoms with Crippen molar-refractivity contribution in [3.8, 4) is 0 Å². The number of hydrogen-bond donors (Lipinski definition) is 1. The fourth-order valence-corrected chi connectivity index (χ4v) is 0.873. The van der Waals surface area contributed by atoms with Crippen LogP contribution in [0.5, 0.6) is 0 Å². The molecule has 1 amide bonds. The van der Waals surface area contributed by atoms with Crippen LogP contribution in [0.2, 0.25) is 0 Å². The molecule has 0 aromatic heterocycles. The molecule has 0 fully saturated rings. The predicted octanol–water partition coefficient (Wildman–Crippen LogP) is 1.21. The molecule has 0 radical (unpaired) electrons. The van der Waals surface area contributed by atoms with Gasteiger partial charge in [0.05, 0.1) is 6.54 Å². The molecule has 4 heteroatoms. The zero-order chi connectivity index (χ0) is 9.78. The highest BCUT2D eigenvalue weighted by Crippen LogP contribution is 2.14. The Morgan fingerprint density at radius 1 is 1.50 bits per heavy atom. The molecule has 4 nitrogen and oxygen atoms in total. The van der Waals surface area contributed by atoms with E-state index in [0.29, 0.717) is 12.8 Å². The second kappa shape index (κ2) is 4.09. The number of amides is 1. The minimum Gasteiger partial charge on any atom is -0.465 e. The lowest BCUT2D eigenvalue weighted by Gasteiger charge is -2.25. The molecule has 0 heterocycles. The molecule has 70 valence electrons. The molecule has 0 spiro atoms. The zero-order valence-electron chi connectivity index (χ0n) is 7.70. The van der Waals surface area contributed by atoms with E-state index in [0.717, 1.165) is 4.90 Å². The van der Waals surface area contributed by atoms with Crippen LogP contribution in [-0.4, -0.2) is 35.5 Å². The van der Waals surface area contributed by atoms with Crippen molar-refractivity contribution in [2.24, 2.45) is 5.41 Å². The van der Waals surface area contributed by atoms with Gasteiger partial charge in [0.15, 0.2) is 0 Å². The van der Waals surface area contributed by atoms with Crippen LogP contribution in [0.3, 0.4) is 0 Å². The van der Waals surface area contributed by atoms with Crippen LogP contribution in [0.1, 0.15) is 20.8 Å². The van der Waals surface area contributed by atoms with E-state index in [1.165, 1.54) is 0 Å². The molecule has 0 aromatic carbocycles. The number of hydrogen-bond acceptors (Lipinski definition) is 2. The molecule has 0 atom stereocenters. The highest BCUT2D eigenvalue weighted by molar-refractivity contribution is 5.69. The minimum atomic E-state index is -1.04. The summed E-state index contributed by atoms with van der Waals surface area (Å²) in [6.07, 6.45) is -0.447. The summed E-state index contributed by atoms with van der Waals surface area (Å²) in [6.45, 7) is 6.10. The summed E-state index contributed by atoms with van der Waals surface area (Å²) in [5.74, 6) is 0. The van der Waals surface area contributed by atoms with E-state index in [1.54, 1.807) is 0 Å².